The maximum Gasteiger partial charge on any atom is 0.306 e. The first-order chi connectivity index (χ1) is 14.5. The second-order valence-electron chi connectivity index (χ2n) is 9.32. The molecule has 0 atom stereocenters. The first-order valence-corrected chi connectivity index (χ1v) is 10.9. The van der Waals surface area contributed by atoms with Crippen molar-refractivity contribution in [3.63, 3.8) is 0 Å². The van der Waals surface area contributed by atoms with Crippen LogP contribution in [0.5, 0.6) is 17.2 Å². The summed E-state index contributed by atoms with van der Waals surface area (Å²) in [6, 6.07) is 3.66. The van der Waals surface area contributed by atoms with Crippen LogP contribution in [0.1, 0.15) is 50.5 Å². The van der Waals surface area contributed by atoms with E-state index in [2.05, 4.69) is 0 Å². The van der Waals surface area contributed by atoms with Crippen molar-refractivity contribution in [3.05, 3.63) is 17.7 Å². The third-order valence-corrected chi connectivity index (χ3v) is 7.34. The number of methoxy groups -OCH3 is 3. The van der Waals surface area contributed by atoms with Crippen molar-refractivity contribution < 1.29 is 28.5 Å². The summed E-state index contributed by atoms with van der Waals surface area (Å²) >= 11 is 0. The standard InChI is InChI=1S/C24H32O6/c1-27-19-9-15(10-20(28-2)23(19)29-3)4-5-22(26)30-14-21(25)24-11-16-6-17(12-24)8-18(7-16)13-24/h9-10,16-18H,4-8,11-14H2,1-3H3. The van der Waals surface area contributed by atoms with Gasteiger partial charge in [-0.05, 0) is 80.4 Å². The predicted molar refractivity (Wildman–Crippen MR) is 111 cm³/mol. The number of ether oxygens (including phenoxy) is 4. The van der Waals surface area contributed by atoms with Crippen LogP contribution in [-0.4, -0.2) is 39.7 Å². The third-order valence-electron chi connectivity index (χ3n) is 7.34. The molecule has 0 heterocycles. The Bertz CT molecular complexity index is 754. The van der Waals surface area contributed by atoms with E-state index in [0.717, 1.165) is 24.8 Å². The number of carbonyl (C=O) groups is 2. The molecule has 0 aromatic heterocycles. The van der Waals surface area contributed by atoms with Gasteiger partial charge < -0.3 is 18.9 Å². The Balaban J connectivity index is 1.31. The number of hydrogen-bond acceptors (Lipinski definition) is 6. The molecule has 0 amide bonds. The molecule has 4 saturated carbocycles. The van der Waals surface area contributed by atoms with Gasteiger partial charge in [0, 0.05) is 11.8 Å². The number of ketones is 1. The van der Waals surface area contributed by atoms with Gasteiger partial charge >= 0.3 is 5.97 Å². The highest BCUT2D eigenvalue weighted by atomic mass is 16.5. The largest absolute Gasteiger partial charge is 0.493 e. The molecule has 0 aliphatic heterocycles. The fraction of sp³-hybridized carbons (Fsp3) is 0.667. The summed E-state index contributed by atoms with van der Waals surface area (Å²) in [5.41, 5.74) is 0.667. The van der Waals surface area contributed by atoms with Crippen molar-refractivity contribution in [2.24, 2.45) is 23.2 Å². The highest BCUT2D eigenvalue weighted by molar-refractivity contribution is 5.88. The minimum absolute atomic E-state index is 0.0831. The monoisotopic (exact) mass is 416 g/mol. The van der Waals surface area contributed by atoms with E-state index in [9.17, 15) is 9.59 Å². The minimum Gasteiger partial charge on any atom is -0.493 e. The van der Waals surface area contributed by atoms with Gasteiger partial charge in [-0.15, -0.1) is 0 Å². The molecule has 0 N–H and O–H groups in total. The fourth-order valence-corrected chi connectivity index (χ4v) is 6.35. The Labute approximate surface area is 178 Å². The molecule has 1 aromatic rings. The van der Waals surface area contributed by atoms with Gasteiger partial charge in [0.05, 0.1) is 21.3 Å². The summed E-state index contributed by atoms with van der Waals surface area (Å²) in [4.78, 5) is 25.3. The summed E-state index contributed by atoms with van der Waals surface area (Å²) in [6.45, 7) is -0.0831. The SMILES string of the molecule is COc1cc(CCC(=O)OCC(=O)C23CC4CC(CC(C4)C2)C3)cc(OC)c1OC. The summed E-state index contributed by atoms with van der Waals surface area (Å²) in [6.07, 6.45) is 7.56. The predicted octanol–water partition coefficient (Wildman–Crippen LogP) is 3.97. The summed E-state index contributed by atoms with van der Waals surface area (Å²) in [7, 11) is 4.68. The number of carbonyl (C=O) groups excluding carboxylic acids is 2. The second-order valence-corrected chi connectivity index (χ2v) is 9.32. The lowest BCUT2D eigenvalue weighted by Gasteiger charge is -2.55. The third kappa shape index (κ3) is 4.01. The lowest BCUT2D eigenvalue weighted by Crippen LogP contribution is -2.51. The van der Waals surface area contributed by atoms with Gasteiger partial charge in [-0.25, -0.2) is 0 Å². The van der Waals surface area contributed by atoms with Gasteiger partial charge in [0.1, 0.15) is 0 Å². The van der Waals surface area contributed by atoms with E-state index in [1.165, 1.54) is 19.3 Å². The molecule has 4 aliphatic carbocycles. The first-order valence-electron chi connectivity index (χ1n) is 10.9. The van der Waals surface area contributed by atoms with Gasteiger partial charge in [0.25, 0.3) is 0 Å². The average Bonchev–Trinajstić information content (AvgIpc) is 2.74. The maximum atomic E-state index is 13.0. The molecule has 4 aliphatic rings. The van der Waals surface area contributed by atoms with Crippen molar-refractivity contribution in [1.29, 1.82) is 0 Å². The molecule has 0 unspecified atom stereocenters. The van der Waals surface area contributed by atoms with Crippen LogP contribution < -0.4 is 14.2 Å². The van der Waals surface area contributed by atoms with Crippen molar-refractivity contribution in [3.8, 4) is 17.2 Å². The molecule has 30 heavy (non-hydrogen) atoms. The van der Waals surface area contributed by atoms with Crippen molar-refractivity contribution in [2.75, 3.05) is 27.9 Å². The smallest absolute Gasteiger partial charge is 0.306 e. The quantitative estimate of drug-likeness (QED) is 0.567. The van der Waals surface area contributed by atoms with Crippen LogP contribution in [0.3, 0.4) is 0 Å². The molecule has 4 bridgehead atoms. The zero-order chi connectivity index (χ0) is 21.3. The number of aryl methyl sites for hydroxylation is 1. The van der Waals surface area contributed by atoms with Gasteiger partial charge in [-0.2, -0.15) is 0 Å². The van der Waals surface area contributed by atoms with E-state index >= 15 is 0 Å². The fourth-order valence-electron chi connectivity index (χ4n) is 6.35. The van der Waals surface area contributed by atoms with E-state index in [1.54, 1.807) is 21.3 Å². The molecule has 4 fully saturated rings. The van der Waals surface area contributed by atoms with Gasteiger partial charge in [0.2, 0.25) is 5.75 Å². The van der Waals surface area contributed by atoms with Crippen molar-refractivity contribution in [2.45, 2.75) is 51.4 Å². The number of benzene rings is 1. The van der Waals surface area contributed by atoms with E-state index < -0.39 is 0 Å². The van der Waals surface area contributed by atoms with Crippen LogP contribution in [0.15, 0.2) is 12.1 Å². The molecule has 1 aromatic carbocycles. The highest BCUT2D eigenvalue weighted by Gasteiger charge is 2.54. The highest BCUT2D eigenvalue weighted by Crippen LogP contribution is 2.60. The molecule has 0 saturated heterocycles. The molecular weight excluding hydrogens is 384 g/mol. The van der Waals surface area contributed by atoms with Crippen molar-refractivity contribution >= 4 is 11.8 Å². The molecule has 0 radical (unpaired) electrons. The zero-order valence-corrected chi connectivity index (χ0v) is 18.2. The lowest BCUT2D eigenvalue weighted by molar-refractivity contribution is -0.157. The van der Waals surface area contributed by atoms with Crippen LogP contribution in [-0.2, 0) is 20.7 Å². The van der Waals surface area contributed by atoms with Crippen LogP contribution in [0.4, 0.5) is 0 Å². The molecule has 6 heteroatoms. The maximum absolute atomic E-state index is 13.0. The van der Waals surface area contributed by atoms with E-state index in [-0.39, 0.29) is 30.2 Å². The zero-order valence-electron chi connectivity index (χ0n) is 18.2. The molecule has 164 valence electrons. The second kappa shape index (κ2) is 8.48. The normalized spacial score (nSPS) is 28.8. The summed E-state index contributed by atoms with van der Waals surface area (Å²) in [5.74, 6) is 3.54. The molecular formula is C24H32O6. The average molecular weight is 417 g/mol. The first kappa shape index (κ1) is 21.0. The van der Waals surface area contributed by atoms with Gasteiger partial charge in [0.15, 0.2) is 23.9 Å². The Morgan fingerprint density at radius 3 is 1.90 bits per heavy atom. The lowest BCUT2D eigenvalue weighted by atomic mass is 9.48. The number of hydrogen-bond donors (Lipinski definition) is 0. The van der Waals surface area contributed by atoms with E-state index in [0.29, 0.717) is 41.4 Å². The topological polar surface area (TPSA) is 71.1 Å². The van der Waals surface area contributed by atoms with Crippen LogP contribution in [0.25, 0.3) is 0 Å². The summed E-state index contributed by atoms with van der Waals surface area (Å²) in [5, 5.41) is 0. The molecule has 6 nitrogen and oxygen atoms in total. The van der Waals surface area contributed by atoms with E-state index in [4.69, 9.17) is 18.9 Å². The van der Waals surface area contributed by atoms with Crippen LogP contribution >= 0.6 is 0 Å². The Morgan fingerprint density at radius 1 is 0.900 bits per heavy atom. The molecule has 0 spiro atoms. The minimum atomic E-state index is -0.346. The van der Waals surface area contributed by atoms with Gasteiger partial charge in [-0.1, -0.05) is 0 Å². The molecule has 5 rings (SSSR count). The Morgan fingerprint density at radius 2 is 1.43 bits per heavy atom. The van der Waals surface area contributed by atoms with E-state index in [1.807, 2.05) is 12.1 Å². The van der Waals surface area contributed by atoms with Gasteiger partial charge in [-0.3, -0.25) is 9.59 Å². The van der Waals surface area contributed by atoms with Crippen LogP contribution in [0.2, 0.25) is 0 Å². The van der Waals surface area contributed by atoms with Crippen LogP contribution in [0, 0.1) is 23.2 Å². The number of esters is 1. The Hall–Kier alpha value is -2.24. The Kier molecular flexibility index (Phi) is 5.94. The number of rotatable bonds is 9. The van der Waals surface area contributed by atoms with Crippen molar-refractivity contribution in [1.82, 2.24) is 0 Å². The number of Topliss-reactive ketones (excluding diaryl/α,β-unsaturated/α-hetero) is 1. The summed E-state index contributed by atoms with van der Waals surface area (Å²) < 4.78 is 21.4.